The zero-order valence-electron chi connectivity index (χ0n) is 13.0. The average Bonchev–Trinajstić information content (AvgIpc) is 3.10. The van der Waals surface area contributed by atoms with Crippen LogP contribution in [0, 0.1) is 0 Å². The molecular formula is C16H22N4OS. The van der Waals surface area contributed by atoms with E-state index in [1.54, 1.807) is 11.3 Å². The summed E-state index contributed by atoms with van der Waals surface area (Å²) in [6.07, 6.45) is 5.81. The third-order valence-corrected chi connectivity index (χ3v) is 5.58. The van der Waals surface area contributed by atoms with Crippen LogP contribution in [0.1, 0.15) is 66.9 Å². The number of aryl methyl sites for hydroxylation is 1. The minimum Gasteiger partial charge on any atom is -0.339 e. The molecule has 2 fully saturated rings. The van der Waals surface area contributed by atoms with E-state index >= 15 is 0 Å². The zero-order chi connectivity index (χ0) is 14.9. The van der Waals surface area contributed by atoms with Gasteiger partial charge in [-0.25, -0.2) is 4.98 Å². The van der Waals surface area contributed by atoms with Crippen LogP contribution in [0.25, 0.3) is 0 Å². The first-order valence-corrected chi connectivity index (χ1v) is 9.19. The molecule has 1 saturated carbocycles. The molecule has 3 heterocycles. The molecule has 6 heteroatoms. The lowest BCUT2D eigenvalue weighted by atomic mass is 9.97. The zero-order valence-corrected chi connectivity index (χ0v) is 13.8. The molecule has 118 valence electrons. The minimum atomic E-state index is 0.411. The van der Waals surface area contributed by atoms with Gasteiger partial charge in [0.25, 0.3) is 0 Å². The third kappa shape index (κ3) is 3.08. The van der Waals surface area contributed by atoms with Crippen molar-refractivity contribution in [1.82, 2.24) is 20.0 Å². The largest absolute Gasteiger partial charge is 0.339 e. The number of hydrogen-bond acceptors (Lipinski definition) is 6. The monoisotopic (exact) mass is 318 g/mol. The molecule has 1 aliphatic heterocycles. The van der Waals surface area contributed by atoms with Crippen LogP contribution in [0.2, 0.25) is 0 Å². The summed E-state index contributed by atoms with van der Waals surface area (Å²) < 4.78 is 5.42. The molecule has 4 rings (SSSR count). The van der Waals surface area contributed by atoms with Crippen LogP contribution in [0.3, 0.4) is 0 Å². The van der Waals surface area contributed by atoms with Gasteiger partial charge in [0, 0.05) is 30.3 Å². The van der Waals surface area contributed by atoms with Crippen LogP contribution in [-0.4, -0.2) is 33.1 Å². The second kappa shape index (κ2) is 6.08. The lowest BCUT2D eigenvalue weighted by Gasteiger charge is -2.30. The van der Waals surface area contributed by atoms with Gasteiger partial charge in [0.05, 0.1) is 10.7 Å². The van der Waals surface area contributed by atoms with E-state index in [4.69, 9.17) is 4.52 Å². The van der Waals surface area contributed by atoms with Gasteiger partial charge in [-0.3, -0.25) is 4.90 Å². The molecular weight excluding hydrogens is 296 g/mol. The molecule has 0 unspecified atom stereocenters. The Hall–Kier alpha value is -1.27. The van der Waals surface area contributed by atoms with Gasteiger partial charge >= 0.3 is 0 Å². The van der Waals surface area contributed by atoms with Crippen LogP contribution < -0.4 is 0 Å². The van der Waals surface area contributed by atoms with Gasteiger partial charge in [-0.15, -0.1) is 11.3 Å². The molecule has 2 aromatic heterocycles. The SMILES string of the molecule is CCc1nc(CN2CCC[C@H](c3noc(C4CC4)n3)C2)cs1. The second-order valence-corrected chi connectivity index (χ2v) is 7.37. The van der Waals surface area contributed by atoms with Gasteiger partial charge in [-0.1, -0.05) is 12.1 Å². The number of nitrogens with zero attached hydrogens (tertiary/aromatic N) is 4. The normalized spacial score (nSPS) is 23.0. The second-order valence-electron chi connectivity index (χ2n) is 6.43. The fourth-order valence-electron chi connectivity index (χ4n) is 3.13. The van der Waals surface area contributed by atoms with Crippen LogP contribution in [0.15, 0.2) is 9.90 Å². The molecule has 0 amide bonds. The summed E-state index contributed by atoms with van der Waals surface area (Å²) in [7, 11) is 0. The Kier molecular flexibility index (Phi) is 3.96. The Balaban J connectivity index is 1.40. The number of likely N-dealkylation sites (tertiary alicyclic amines) is 1. The molecule has 1 saturated heterocycles. The molecule has 0 spiro atoms. The predicted molar refractivity (Wildman–Crippen MR) is 85.0 cm³/mol. The van der Waals surface area contributed by atoms with Crippen molar-refractivity contribution in [3.05, 3.63) is 27.8 Å². The maximum absolute atomic E-state index is 5.42. The van der Waals surface area contributed by atoms with E-state index in [1.165, 1.54) is 30.0 Å². The van der Waals surface area contributed by atoms with Gasteiger partial charge in [-0.05, 0) is 38.6 Å². The van der Waals surface area contributed by atoms with Crippen molar-refractivity contribution in [2.45, 2.75) is 57.4 Å². The maximum Gasteiger partial charge on any atom is 0.229 e. The highest BCUT2D eigenvalue weighted by molar-refractivity contribution is 7.09. The Morgan fingerprint density at radius 1 is 1.27 bits per heavy atom. The van der Waals surface area contributed by atoms with Crippen molar-refractivity contribution in [1.29, 1.82) is 0 Å². The summed E-state index contributed by atoms with van der Waals surface area (Å²) >= 11 is 1.77. The molecule has 1 aliphatic carbocycles. The number of rotatable bonds is 5. The highest BCUT2D eigenvalue weighted by Gasteiger charge is 2.32. The minimum absolute atomic E-state index is 0.411. The van der Waals surface area contributed by atoms with Crippen LogP contribution in [0.5, 0.6) is 0 Å². The summed E-state index contributed by atoms with van der Waals surface area (Å²) in [6.45, 7) is 5.26. The van der Waals surface area contributed by atoms with E-state index in [0.29, 0.717) is 11.8 Å². The molecule has 5 nitrogen and oxygen atoms in total. The molecule has 0 N–H and O–H groups in total. The first kappa shape index (κ1) is 14.3. The van der Waals surface area contributed by atoms with Crippen molar-refractivity contribution in [3.8, 4) is 0 Å². The summed E-state index contributed by atoms with van der Waals surface area (Å²) in [4.78, 5) is 11.8. The summed E-state index contributed by atoms with van der Waals surface area (Å²) in [5.41, 5.74) is 1.20. The van der Waals surface area contributed by atoms with Gasteiger partial charge in [-0.2, -0.15) is 4.98 Å². The quantitative estimate of drug-likeness (QED) is 0.846. The van der Waals surface area contributed by atoms with E-state index in [1.807, 2.05) is 0 Å². The summed E-state index contributed by atoms with van der Waals surface area (Å²) in [5, 5.41) is 7.66. The smallest absolute Gasteiger partial charge is 0.229 e. The van der Waals surface area contributed by atoms with E-state index in [-0.39, 0.29) is 0 Å². The standard InChI is InChI=1S/C16H22N4OS/c1-2-14-17-13(10-22-14)9-20-7-3-4-12(8-20)15-18-16(21-19-15)11-5-6-11/h10-12H,2-9H2,1H3/t12-/m0/s1. The fourth-order valence-corrected chi connectivity index (χ4v) is 3.87. The Morgan fingerprint density at radius 3 is 2.95 bits per heavy atom. The van der Waals surface area contributed by atoms with Gasteiger partial charge < -0.3 is 4.52 Å². The highest BCUT2D eigenvalue weighted by Crippen LogP contribution is 2.39. The van der Waals surface area contributed by atoms with Gasteiger partial charge in [0.1, 0.15) is 0 Å². The summed E-state index contributed by atoms with van der Waals surface area (Å²) in [5.74, 6) is 2.73. The van der Waals surface area contributed by atoms with E-state index in [9.17, 15) is 0 Å². The van der Waals surface area contributed by atoms with Crippen LogP contribution in [0.4, 0.5) is 0 Å². The van der Waals surface area contributed by atoms with Crippen molar-refractivity contribution in [2.75, 3.05) is 13.1 Å². The van der Waals surface area contributed by atoms with Crippen molar-refractivity contribution in [2.24, 2.45) is 0 Å². The number of thiazole rings is 1. The first-order valence-electron chi connectivity index (χ1n) is 8.31. The molecule has 1 atom stereocenters. The van der Waals surface area contributed by atoms with Crippen molar-refractivity contribution in [3.63, 3.8) is 0 Å². The Bertz CT molecular complexity index is 634. The van der Waals surface area contributed by atoms with E-state index < -0.39 is 0 Å². The Labute approximate surface area is 134 Å². The van der Waals surface area contributed by atoms with E-state index in [2.05, 4.69) is 32.3 Å². The third-order valence-electron chi connectivity index (χ3n) is 4.54. The average molecular weight is 318 g/mol. The first-order chi connectivity index (χ1) is 10.8. The van der Waals surface area contributed by atoms with Gasteiger partial charge in [0.2, 0.25) is 5.89 Å². The molecule has 0 radical (unpaired) electrons. The molecule has 22 heavy (non-hydrogen) atoms. The molecule has 0 aromatic carbocycles. The lowest BCUT2D eigenvalue weighted by molar-refractivity contribution is 0.193. The Morgan fingerprint density at radius 2 is 2.18 bits per heavy atom. The van der Waals surface area contributed by atoms with Crippen molar-refractivity contribution < 1.29 is 4.52 Å². The van der Waals surface area contributed by atoms with Crippen LogP contribution >= 0.6 is 11.3 Å². The number of piperidine rings is 1. The maximum atomic E-state index is 5.42. The lowest BCUT2D eigenvalue weighted by Crippen LogP contribution is -2.34. The molecule has 2 aromatic rings. The fraction of sp³-hybridized carbons (Fsp3) is 0.688. The molecule has 0 bridgehead atoms. The predicted octanol–water partition coefficient (Wildman–Crippen LogP) is 3.35. The van der Waals surface area contributed by atoms with Crippen molar-refractivity contribution >= 4 is 11.3 Å². The summed E-state index contributed by atoms with van der Waals surface area (Å²) in [6, 6.07) is 0. The topological polar surface area (TPSA) is 55.1 Å². The van der Waals surface area contributed by atoms with Gasteiger partial charge in [0.15, 0.2) is 5.82 Å². The van der Waals surface area contributed by atoms with E-state index in [0.717, 1.165) is 44.2 Å². The highest BCUT2D eigenvalue weighted by atomic mass is 32.1. The van der Waals surface area contributed by atoms with Crippen LogP contribution in [-0.2, 0) is 13.0 Å². The number of aromatic nitrogens is 3. The number of hydrogen-bond donors (Lipinski definition) is 0. The molecule has 2 aliphatic rings.